The van der Waals surface area contributed by atoms with Gasteiger partial charge in [0.25, 0.3) is 5.69 Å². The van der Waals surface area contributed by atoms with Gasteiger partial charge in [-0.1, -0.05) is 0 Å². The second kappa shape index (κ2) is 5.31. The van der Waals surface area contributed by atoms with Gasteiger partial charge < -0.3 is 4.74 Å². The van der Waals surface area contributed by atoms with E-state index in [0.29, 0.717) is 11.4 Å². The molecule has 0 spiro atoms. The first-order chi connectivity index (χ1) is 11.7. The fourth-order valence-corrected chi connectivity index (χ4v) is 2.73. The minimum Gasteiger partial charge on any atom is -0.497 e. The van der Waals surface area contributed by atoms with Crippen molar-refractivity contribution in [1.29, 1.82) is 0 Å². The second-order valence-corrected chi connectivity index (χ2v) is 5.26. The molecule has 7 nitrogen and oxygen atoms in total. The van der Waals surface area contributed by atoms with Crippen LogP contribution in [0.25, 0.3) is 27.7 Å². The third kappa shape index (κ3) is 2.14. The van der Waals surface area contributed by atoms with Gasteiger partial charge in [0.1, 0.15) is 5.75 Å². The summed E-state index contributed by atoms with van der Waals surface area (Å²) in [5, 5.41) is 17.3. The summed E-state index contributed by atoms with van der Waals surface area (Å²) in [4.78, 5) is 14.8. The highest BCUT2D eigenvalue weighted by atomic mass is 16.6. The summed E-state index contributed by atoms with van der Waals surface area (Å²) in [6, 6.07) is 12.0. The number of nitro groups is 1. The Hall–Kier alpha value is -3.48. The van der Waals surface area contributed by atoms with Gasteiger partial charge in [0.2, 0.25) is 0 Å². The number of ether oxygens (including phenoxy) is 1. The van der Waals surface area contributed by atoms with Crippen LogP contribution < -0.4 is 4.74 Å². The molecule has 0 aliphatic rings. The van der Waals surface area contributed by atoms with Crippen molar-refractivity contribution < 1.29 is 9.66 Å². The smallest absolute Gasteiger partial charge is 0.269 e. The molecule has 0 fully saturated rings. The molecule has 0 amide bonds. The zero-order valence-electron chi connectivity index (χ0n) is 12.7. The zero-order chi connectivity index (χ0) is 16.7. The molecular weight excluding hydrogens is 308 g/mol. The van der Waals surface area contributed by atoms with Gasteiger partial charge in [-0.25, -0.2) is 9.50 Å². The number of nitrogens with zero attached hydrogens (tertiary/aromatic N) is 4. The average Bonchev–Trinajstić information content (AvgIpc) is 3.09. The van der Waals surface area contributed by atoms with Gasteiger partial charge in [0.05, 0.1) is 17.7 Å². The number of hydrogen-bond acceptors (Lipinski definition) is 5. The third-order valence-corrected chi connectivity index (χ3v) is 3.90. The van der Waals surface area contributed by atoms with Crippen LogP contribution in [0.5, 0.6) is 5.75 Å². The Morgan fingerprint density at radius 1 is 1.12 bits per heavy atom. The van der Waals surface area contributed by atoms with Gasteiger partial charge in [0, 0.05) is 40.9 Å². The molecule has 4 rings (SSSR count). The molecule has 0 N–H and O–H groups in total. The maximum Gasteiger partial charge on any atom is 0.269 e. The predicted octanol–water partition coefficient (Wildman–Crippen LogP) is 3.47. The maximum atomic E-state index is 10.8. The second-order valence-electron chi connectivity index (χ2n) is 5.26. The van der Waals surface area contributed by atoms with E-state index < -0.39 is 4.92 Å². The van der Waals surface area contributed by atoms with E-state index in [1.165, 1.54) is 12.1 Å². The Bertz CT molecular complexity index is 1070. The molecule has 0 radical (unpaired) electrons. The van der Waals surface area contributed by atoms with E-state index in [-0.39, 0.29) is 5.69 Å². The molecule has 7 heteroatoms. The highest BCUT2D eigenvalue weighted by Gasteiger charge is 2.13. The van der Waals surface area contributed by atoms with Gasteiger partial charge >= 0.3 is 0 Å². The SMILES string of the molecule is COc1ccc2c(c1)c(-c1ccc([N+](=O)[O-])cc1)nn1ccnc21. The van der Waals surface area contributed by atoms with Crippen LogP contribution in [-0.4, -0.2) is 26.6 Å². The van der Waals surface area contributed by atoms with Crippen LogP contribution >= 0.6 is 0 Å². The molecule has 2 aromatic carbocycles. The van der Waals surface area contributed by atoms with E-state index in [1.54, 1.807) is 36.2 Å². The molecule has 0 bridgehead atoms. The number of non-ortho nitro benzene ring substituents is 1. The molecule has 0 saturated carbocycles. The Morgan fingerprint density at radius 2 is 1.92 bits per heavy atom. The van der Waals surface area contributed by atoms with Crippen molar-refractivity contribution in [2.45, 2.75) is 0 Å². The van der Waals surface area contributed by atoms with Crippen molar-refractivity contribution in [3.63, 3.8) is 0 Å². The number of benzene rings is 2. The van der Waals surface area contributed by atoms with Crippen molar-refractivity contribution >= 4 is 22.1 Å². The lowest BCUT2D eigenvalue weighted by Crippen LogP contribution is -1.97. The van der Waals surface area contributed by atoms with Crippen molar-refractivity contribution in [2.75, 3.05) is 7.11 Å². The summed E-state index contributed by atoms with van der Waals surface area (Å²) in [6.45, 7) is 0. The maximum absolute atomic E-state index is 10.8. The lowest BCUT2D eigenvalue weighted by Gasteiger charge is -2.09. The number of rotatable bonds is 3. The fourth-order valence-electron chi connectivity index (χ4n) is 2.73. The van der Waals surface area contributed by atoms with Crippen molar-refractivity contribution in [3.05, 3.63) is 65.0 Å². The van der Waals surface area contributed by atoms with Crippen molar-refractivity contribution in [2.24, 2.45) is 0 Å². The molecule has 0 saturated heterocycles. The first-order valence-electron chi connectivity index (χ1n) is 7.23. The van der Waals surface area contributed by atoms with Gasteiger partial charge in [-0.05, 0) is 30.3 Å². The van der Waals surface area contributed by atoms with Crippen LogP contribution in [0.4, 0.5) is 5.69 Å². The number of hydrogen-bond donors (Lipinski definition) is 0. The normalized spacial score (nSPS) is 11.0. The van der Waals surface area contributed by atoms with E-state index in [1.807, 2.05) is 18.2 Å². The van der Waals surface area contributed by atoms with Crippen molar-refractivity contribution in [3.8, 4) is 17.0 Å². The van der Waals surface area contributed by atoms with Crippen LogP contribution in [0, 0.1) is 10.1 Å². The van der Waals surface area contributed by atoms with Crippen LogP contribution in [-0.2, 0) is 0 Å². The molecule has 2 heterocycles. The first-order valence-corrected chi connectivity index (χ1v) is 7.23. The van der Waals surface area contributed by atoms with E-state index in [0.717, 1.165) is 22.0 Å². The average molecular weight is 320 g/mol. The van der Waals surface area contributed by atoms with E-state index >= 15 is 0 Å². The van der Waals surface area contributed by atoms with Gasteiger partial charge in [-0.2, -0.15) is 5.10 Å². The molecule has 0 unspecified atom stereocenters. The number of aromatic nitrogens is 3. The summed E-state index contributed by atoms with van der Waals surface area (Å²) in [5.41, 5.74) is 2.29. The van der Waals surface area contributed by atoms with Crippen LogP contribution in [0.3, 0.4) is 0 Å². The van der Waals surface area contributed by atoms with E-state index in [2.05, 4.69) is 10.1 Å². The highest BCUT2D eigenvalue weighted by molar-refractivity contribution is 6.02. The summed E-state index contributed by atoms with van der Waals surface area (Å²) >= 11 is 0. The predicted molar refractivity (Wildman–Crippen MR) is 89.1 cm³/mol. The minimum atomic E-state index is -0.419. The van der Waals surface area contributed by atoms with E-state index in [4.69, 9.17) is 4.74 Å². The topological polar surface area (TPSA) is 82.6 Å². The zero-order valence-corrected chi connectivity index (χ0v) is 12.7. The molecule has 118 valence electrons. The summed E-state index contributed by atoms with van der Waals surface area (Å²) in [6.07, 6.45) is 3.46. The van der Waals surface area contributed by atoms with Crippen LogP contribution in [0.2, 0.25) is 0 Å². The number of imidazole rings is 1. The molecule has 0 atom stereocenters. The summed E-state index contributed by atoms with van der Waals surface area (Å²) in [5.74, 6) is 0.711. The van der Waals surface area contributed by atoms with E-state index in [9.17, 15) is 10.1 Å². The largest absolute Gasteiger partial charge is 0.497 e. The quantitative estimate of drug-likeness (QED) is 0.426. The summed E-state index contributed by atoms with van der Waals surface area (Å²) < 4.78 is 7.01. The number of nitro benzene ring substituents is 1. The highest BCUT2D eigenvalue weighted by Crippen LogP contribution is 2.32. The van der Waals surface area contributed by atoms with Crippen LogP contribution in [0.1, 0.15) is 0 Å². The lowest BCUT2D eigenvalue weighted by molar-refractivity contribution is -0.384. The van der Waals surface area contributed by atoms with Crippen LogP contribution in [0.15, 0.2) is 54.9 Å². The Labute approximate surface area is 136 Å². The Morgan fingerprint density at radius 3 is 2.62 bits per heavy atom. The molecular formula is C17H12N4O3. The Balaban J connectivity index is 2.02. The Kier molecular flexibility index (Phi) is 3.13. The first kappa shape index (κ1) is 14.1. The van der Waals surface area contributed by atoms with Gasteiger partial charge in [-0.3, -0.25) is 10.1 Å². The van der Waals surface area contributed by atoms with Gasteiger partial charge in [0.15, 0.2) is 5.65 Å². The molecule has 24 heavy (non-hydrogen) atoms. The number of methoxy groups -OCH3 is 1. The van der Waals surface area contributed by atoms with Gasteiger partial charge in [-0.15, -0.1) is 0 Å². The fraction of sp³-hybridized carbons (Fsp3) is 0.0588. The minimum absolute atomic E-state index is 0.0457. The monoisotopic (exact) mass is 320 g/mol. The molecule has 0 aliphatic carbocycles. The van der Waals surface area contributed by atoms with Crippen molar-refractivity contribution in [1.82, 2.24) is 14.6 Å². The third-order valence-electron chi connectivity index (χ3n) is 3.90. The standard InChI is InChI=1S/C17H12N4O3/c1-24-13-6-7-14-15(10-13)16(19-20-9-8-18-17(14)20)11-2-4-12(5-3-11)21(22)23/h2-10H,1H3. The molecule has 0 aliphatic heterocycles. The summed E-state index contributed by atoms with van der Waals surface area (Å²) in [7, 11) is 1.61. The molecule has 2 aromatic heterocycles. The molecule has 4 aromatic rings. The number of fused-ring (bicyclic) bond motifs is 3. The lowest BCUT2D eigenvalue weighted by atomic mass is 10.0.